The monoisotopic (exact) mass is 251 g/mol. The summed E-state index contributed by atoms with van der Waals surface area (Å²) in [6.07, 6.45) is 2.33. The van der Waals surface area contributed by atoms with E-state index in [9.17, 15) is 5.11 Å². The van der Waals surface area contributed by atoms with Crippen LogP contribution >= 0.6 is 0 Å². The molecule has 1 fully saturated rings. The number of hydrogen-bond acceptors (Lipinski definition) is 4. The van der Waals surface area contributed by atoms with E-state index in [-0.39, 0.29) is 0 Å². The summed E-state index contributed by atoms with van der Waals surface area (Å²) in [4.78, 5) is 0. The second-order valence-electron chi connectivity index (χ2n) is 4.67. The lowest BCUT2D eigenvalue weighted by atomic mass is 9.85. The van der Waals surface area contributed by atoms with Gasteiger partial charge < -0.3 is 19.9 Å². The molecule has 1 heterocycles. The Bertz CT molecular complexity index is 376. The molecule has 0 aliphatic carbocycles. The molecule has 1 aromatic carbocycles. The van der Waals surface area contributed by atoms with Crippen LogP contribution in [0, 0.1) is 0 Å². The molecule has 1 unspecified atom stereocenters. The lowest BCUT2D eigenvalue weighted by Crippen LogP contribution is -2.28. The van der Waals surface area contributed by atoms with Crippen molar-refractivity contribution in [2.45, 2.75) is 24.9 Å². The van der Waals surface area contributed by atoms with Crippen LogP contribution in [0.4, 0.5) is 0 Å². The number of nitrogens with one attached hydrogen (secondary N) is 1. The number of hydrogen-bond donors (Lipinski definition) is 2. The molecule has 4 heteroatoms. The summed E-state index contributed by atoms with van der Waals surface area (Å²) in [5.41, 5.74) is -0.0970. The highest BCUT2D eigenvalue weighted by molar-refractivity contribution is 5.48. The van der Waals surface area contributed by atoms with Crippen LogP contribution in [-0.2, 0) is 5.60 Å². The average Bonchev–Trinajstić information content (AvgIpc) is 2.63. The minimum Gasteiger partial charge on any atom is -0.496 e. The number of benzene rings is 1. The van der Waals surface area contributed by atoms with Gasteiger partial charge in [-0.05, 0) is 44.5 Å². The Kier molecular flexibility index (Phi) is 4.09. The van der Waals surface area contributed by atoms with Crippen molar-refractivity contribution in [2.24, 2.45) is 0 Å². The minimum atomic E-state index is -0.874. The molecule has 0 aromatic heterocycles. The van der Waals surface area contributed by atoms with Crippen LogP contribution in [0.25, 0.3) is 0 Å². The molecule has 2 N–H and O–H groups in total. The molecule has 0 amide bonds. The van der Waals surface area contributed by atoms with E-state index in [1.165, 1.54) is 0 Å². The van der Waals surface area contributed by atoms with E-state index in [0.717, 1.165) is 31.5 Å². The summed E-state index contributed by atoms with van der Waals surface area (Å²) < 4.78 is 10.8. The molecule has 18 heavy (non-hydrogen) atoms. The smallest absolute Gasteiger partial charge is 0.128 e. The lowest BCUT2D eigenvalue weighted by molar-refractivity contribution is 0.0194. The Balaban J connectivity index is 2.46. The Hall–Kier alpha value is -1.26. The van der Waals surface area contributed by atoms with Gasteiger partial charge in [-0.1, -0.05) is 6.07 Å². The normalized spacial score (nSPS) is 24.4. The van der Waals surface area contributed by atoms with Crippen molar-refractivity contribution in [3.8, 4) is 11.5 Å². The zero-order chi connectivity index (χ0) is 13.0. The average molecular weight is 251 g/mol. The molecule has 0 bridgehead atoms. The Morgan fingerprint density at radius 1 is 1.11 bits per heavy atom. The highest BCUT2D eigenvalue weighted by Gasteiger charge is 2.35. The molecular formula is C14H21NO3. The van der Waals surface area contributed by atoms with Gasteiger partial charge in [0.1, 0.15) is 11.5 Å². The van der Waals surface area contributed by atoms with E-state index in [4.69, 9.17) is 9.47 Å². The molecule has 1 atom stereocenters. The second kappa shape index (κ2) is 5.59. The van der Waals surface area contributed by atoms with Gasteiger partial charge in [0, 0.05) is 0 Å². The van der Waals surface area contributed by atoms with Crippen LogP contribution in [0.1, 0.15) is 24.8 Å². The Morgan fingerprint density at radius 3 is 2.39 bits per heavy atom. The van der Waals surface area contributed by atoms with Gasteiger partial charge >= 0.3 is 0 Å². The first-order valence-corrected chi connectivity index (χ1v) is 6.36. The van der Waals surface area contributed by atoms with Gasteiger partial charge in [0.25, 0.3) is 0 Å². The number of methoxy groups -OCH3 is 2. The highest BCUT2D eigenvalue weighted by atomic mass is 16.5. The summed E-state index contributed by atoms with van der Waals surface area (Å²) >= 11 is 0. The van der Waals surface area contributed by atoms with Gasteiger partial charge in [0.2, 0.25) is 0 Å². The third-order valence-corrected chi connectivity index (χ3v) is 3.55. The van der Waals surface area contributed by atoms with Gasteiger partial charge in [-0.25, -0.2) is 0 Å². The molecule has 1 aliphatic rings. The molecule has 0 spiro atoms. The Morgan fingerprint density at radius 2 is 1.78 bits per heavy atom. The van der Waals surface area contributed by atoms with Gasteiger partial charge in [-0.2, -0.15) is 0 Å². The fourth-order valence-electron chi connectivity index (χ4n) is 2.61. The quantitative estimate of drug-likeness (QED) is 0.858. The molecule has 1 aliphatic heterocycles. The first-order valence-electron chi connectivity index (χ1n) is 6.36. The standard InChI is InChI=1S/C14H21NO3/c1-17-11-5-3-6-12(18-2)13(11)14(16)7-4-9-15-10-8-14/h3,5-6,15-16H,4,7-10H2,1-2H3. The maximum absolute atomic E-state index is 10.9. The molecular weight excluding hydrogens is 230 g/mol. The van der Waals surface area contributed by atoms with Gasteiger partial charge in [-0.15, -0.1) is 0 Å². The lowest BCUT2D eigenvalue weighted by Gasteiger charge is -2.30. The Labute approximate surface area is 108 Å². The summed E-state index contributed by atoms with van der Waals surface area (Å²) in [5, 5.41) is 14.3. The van der Waals surface area contributed by atoms with Crippen LogP contribution < -0.4 is 14.8 Å². The summed E-state index contributed by atoms with van der Waals surface area (Å²) in [7, 11) is 3.24. The van der Waals surface area contributed by atoms with Crippen molar-refractivity contribution in [3.05, 3.63) is 23.8 Å². The van der Waals surface area contributed by atoms with E-state index in [1.54, 1.807) is 14.2 Å². The van der Waals surface area contributed by atoms with Crippen LogP contribution in [0.5, 0.6) is 11.5 Å². The number of rotatable bonds is 3. The minimum absolute atomic E-state index is 0.670. The maximum atomic E-state index is 10.9. The van der Waals surface area contributed by atoms with Crippen molar-refractivity contribution in [3.63, 3.8) is 0 Å². The van der Waals surface area contributed by atoms with Crippen molar-refractivity contribution >= 4 is 0 Å². The van der Waals surface area contributed by atoms with Gasteiger partial charge in [0.05, 0.1) is 25.4 Å². The van der Waals surface area contributed by atoms with Crippen molar-refractivity contribution < 1.29 is 14.6 Å². The zero-order valence-corrected chi connectivity index (χ0v) is 11.0. The van der Waals surface area contributed by atoms with Crippen molar-refractivity contribution in [1.29, 1.82) is 0 Å². The topological polar surface area (TPSA) is 50.7 Å². The third kappa shape index (κ3) is 2.44. The largest absolute Gasteiger partial charge is 0.496 e. The molecule has 100 valence electrons. The molecule has 1 aromatic rings. The summed E-state index contributed by atoms with van der Waals surface area (Å²) in [5.74, 6) is 1.39. The predicted molar refractivity (Wildman–Crippen MR) is 70.2 cm³/mol. The first-order chi connectivity index (χ1) is 8.71. The van der Waals surface area contributed by atoms with Crippen LogP contribution in [0.3, 0.4) is 0 Å². The molecule has 0 saturated carbocycles. The predicted octanol–water partition coefficient (Wildman–Crippen LogP) is 1.66. The highest BCUT2D eigenvalue weighted by Crippen LogP contribution is 2.42. The summed E-state index contributed by atoms with van der Waals surface area (Å²) in [6.45, 7) is 1.75. The SMILES string of the molecule is COc1cccc(OC)c1C1(O)CCCNCC1. The molecule has 0 radical (unpaired) electrons. The zero-order valence-electron chi connectivity index (χ0n) is 11.0. The molecule has 2 rings (SSSR count). The van der Waals surface area contributed by atoms with Crippen LogP contribution in [0.2, 0.25) is 0 Å². The fourth-order valence-corrected chi connectivity index (χ4v) is 2.61. The van der Waals surface area contributed by atoms with Gasteiger partial charge in [-0.3, -0.25) is 0 Å². The molecule has 1 saturated heterocycles. The van der Waals surface area contributed by atoms with E-state index >= 15 is 0 Å². The fraction of sp³-hybridized carbons (Fsp3) is 0.571. The third-order valence-electron chi connectivity index (χ3n) is 3.55. The van der Waals surface area contributed by atoms with E-state index < -0.39 is 5.60 Å². The molecule has 4 nitrogen and oxygen atoms in total. The van der Waals surface area contributed by atoms with E-state index in [1.807, 2.05) is 18.2 Å². The number of aliphatic hydroxyl groups is 1. The second-order valence-corrected chi connectivity index (χ2v) is 4.67. The van der Waals surface area contributed by atoms with Crippen molar-refractivity contribution in [2.75, 3.05) is 27.3 Å². The van der Waals surface area contributed by atoms with Gasteiger partial charge in [0.15, 0.2) is 0 Å². The van der Waals surface area contributed by atoms with Crippen LogP contribution in [-0.4, -0.2) is 32.4 Å². The summed E-state index contributed by atoms with van der Waals surface area (Å²) in [6, 6.07) is 5.61. The first kappa shape index (κ1) is 13.2. The van der Waals surface area contributed by atoms with E-state index in [2.05, 4.69) is 5.32 Å². The van der Waals surface area contributed by atoms with Crippen LogP contribution in [0.15, 0.2) is 18.2 Å². The number of ether oxygens (including phenoxy) is 2. The van der Waals surface area contributed by atoms with E-state index in [0.29, 0.717) is 17.9 Å². The van der Waals surface area contributed by atoms with Crippen molar-refractivity contribution in [1.82, 2.24) is 5.32 Å². The maximum Gasteiger partial charge on any atom is 0.128 e.